The lowest BCUT2D eigenvalue weighted by molar-refractivity contribution is 0.332. The summed E-state index contributed by atoms with van der Waals surface area (Å²) in [7, 11) is 1.71. The number of rotatable bonds is 3. The van der Waals surface area contributed by atoms with E-state index in [1.807, 2.05) is 0 Å². The lowest BCUT2D eigenvalue weighted by Gasteiger charge is -2.15. The molecule has 3 N–H and O–H groups in total. The quantitative estimate of drug-likeness (QED) is 0.480. The van der Waals surface area contributed by atoms with Gasteiger partial charge in [-0.1, -0.05) is 6.92 Å². The number of nitrogens with one attached hydrogen (secondary N) is 1. The highest BCUT2D eigenvalue weighted by Crippen LogP contribution is 2.08. The summed E-state index contributed by atoms with van der Waals surface area (Å²) in [6.45, 7) is 5.69. The van der Waals surface area contributed by atoms with Gasteiger partial charge in [0.1, 0.15) is 0 Å². The molecule has 13 heavy (non-hydrogen) atoms. The highest BCUT2D eigenvalue weighted by Gasteiger charge is 2.21. The molecule has 1 unspecified atom stereocenters. The smallest absolute Gasteiger partial charge is 0.188 e. The van der Waals surface area contributed by atoms with Gasteiger partial charge in [0.05, 0.1) is 0 Å². The van der Waals surface area contributed by atoms with Crippen LogP contribution < -0.4 is 11.1 Å². The van der Waals surface area contributed by atoms with Crippen LogP contribution in [0.15, 0.2) is 4.99 Å². The van der Waals surface area contributed by atoms with Crippen LogP contribution in [0.3, 0.4) is 0 Å². The molecule has 0 amide bonds. The molecule has 0 saturated carbocycles. The molecule has 0 aromatic carbocycles. The van der Waals surface area contributed by atoms with Crippen LogP contribution >= 0.6 is 0 Å². The Hall–Kier alpha value is -0.770. The average molecular weight is 184 g/mol. The molecule has 0 aromatic heterocycles. The minimum atomic E-state index is 0.496. The van der Waals surface area contributed by atoms with Crippen molar-refractivity contribution in [2.75, 3.05) is 26.7 Å². The Labute approximate surface area is 80.2 Å². The first-order valence-corrected chi connectivity index (χ1v) is 4.97. The minimum Gasteiger partial charge on any atom is -0.370 e. The van der Waals surface area contributed by atoms with Crippen molar-refractivity contribution in [1.29, 1.82) is 0 Å². The fourth-order valence-electron chi connectivity index (χ4n) is 1.74. The summed E-state index contributed by atoms with van der Waals surface area (Å²) in [6, 6.07) is 0.496. The van der Waals surface area contributed by atoms with Gasteiger partial charge >= 0.3 is 0 Å². The van der Waals surface area contributed by atoms with Crippen LogP contribution in [-0.2, 0) is 0 Å². The number of guanidine groups is 1. The molecule has 0 aliphatic carbocycles. The number of hydrogen-bond acceptors (Lipinski definition) is 2. The molecular formula is C9H20N4. The monoisotopic (exact) mass is 184 g/mol. The predicted molar refractivity (Wildman–Crippen MR) is 55.8 cm³/mol. The maximum Gasteiger partial charge on any atom is 0.188 e. The molecule has 0 radical (unpaired) electrons. The Morgan fingerprint density at radius 1 is 1.69 bits per heavy atom. The third-order valence-corrected chi connectivity index (χ3v) is 2.41. The molecule has 1 saturated heterocycles. The third-order valence-electron chi connectivity index (χ3n) is 2.41. The van der Waals surface area contributed by atoms with Gasteiger partial charge in [-0.25, -0.2) is 0 Å². The Morgan fingerprint density at radius 3 is 3.08 bits per heavy atom. The van der Waals surface area contributed by atoms with E-state index >= 15 is 0 Å². The predicted octanol–water partition coefficient (Wildman–Crippen LogP) is 0.00480. The van der Waals surface area contributed by atoms with Crippen LogP contribution in [0.5, 0.6) is 0 Å². The molecule has 4 nitrogen and oxygen atoms in total. The van der Waals surface area contributed by atoms with E-state index in [1.54, 1.807) is 7.05 Å². The van der Waals surface area contributed by atoms with Gasteiger partial charge < -0.3 is 16.0 Å². The molecule has 1 rings (SSSR count). The second kappa shape index (κ2) is 5.07. The van der Waals surface area contributed by atoms with E-state index < -0.39 is 0 Å². The van der Waals surface area contributed by atoms with E-state index in [2.05, 4.69) is 22.1 Å². The van der Waals surface area contributed by atoms with Gasteiger partial charge in [-0.05, 0) is 19.4 Å². The van der Waals surface area contributed by atoms with Crippen LogP contribution in [0.4, 0.5) is 0 Å². The van der Waals surface area contributed by atoms with Gasteiger partial charge in [0.15, 0.2) is 5.96 Å². The lowest BCUT2D eigenvalue weighted by atomic mass is 10.3. The molecule has 1 aliphatic rings. The highest BCUT2D eigenvalue weighted by molar-refractivity contribution is 5.77. The maximum atomic E-state index is 5.59. The molecule has 4 heteroatoms. The summed E-state index contributed by atoms with van der Waals surface area (Å²) in [5.41, 5.74) is 5.59. The van der Waals surface area contributed by atoms with Crippen LogP contribution in [0.2, 0.25) is 0 Å². The van der Waals surface area contributed by atoms with Crippen molar-refractivity contribution in [1.82, 2.24) is 10.2 Å². The van der Waals surface area contributed by atoms with Gasteiger partial charge in [-0.3, -0.25) is 4.99 Å². The third kappa shape index (κ3) is 3.22. The summed E-state index contributed by atoms with van der Waals surface area (Å²) >= 11 is 0. The fraction of sp³-hybridized carbons (Fsp3) is 0.889. The summed E-state index contributed by atoms with van der Waals surface area (Å²) in [4.78, 5) is 6.35. The van der Waals surface area contributed by atoms with Crippen molar-refractivity contribution in [3.63, 3.8) is 0 Å². The summed E-state index contributed by atoms with van der Waals surface area (Å²) in [5.74, 6) is 0.559. The maximum absolute atomic E-state index is 5.59. The standard InChI is InChI=1S/C9H20N4/c1-3-5-13-6-4-8(7-13)12-9(10)11-2/h8H,3-7H2,1-2H3,(H3,10,11,12). The van der Waals surface area contributed by atoms with E-state index in [4.69, 9.17) is 5.73 Å². The largest absolute Gasteiger partial charge is 0.370 e. The lowest BCUT2D eigenvalue weighted by Crippen LogP contribution is -2.41. The molecule has 1 aliphatic heterocycles. The molecule has 1 heterocycles. The molecule has 0 aromatic rings. The average Bonchev–Trinajstić information content (AvgIpc) is 2.53. The second-order valence-corrected chi connectivity index (χ2v) is 3.54. The van der Waals surface area contributed by atoms with Crippen LogP contribution in [0, 0.1) is 0 Å². The Balaban J connectivity index is 2.25. The Bertz CT molecular complexity index is 178. The fourth-order valence-corrected chi connectivity index (χ4v) is 1.74. The van der Waals surface area contributed by atoms with Gasteiger partial charge in [-0.15, -0.1) is 0 Å². The first-order chi connectivity index (χ1) is 6.26. The normalized spacial score (nSPS) is 25.1. The zero-order valence-corrected chi connectivity index (χ0v) is 8.58. The Kier molecular flexibility index (Phi) is 4.02. The van der Waals surface area contributed by atoms with Gasteiger partial charge in [0.25, 0.3) is 0 Å². The van der Waals surface area contributed by atoms with Crippen molar-refractivity contribution >= 4 is 5.96 Å². The second-order valence-electron chi connectivity index (χ2n) is 3.54. The minimum absolute atomic E-state index is 0.496. The summed E-state index contributed by atoms with van der Waals surface area (Å²) < 4.78 is 0. The van der Waals surface area contributed by atoms with Crippen molar-refractivity contribution in [2.24, 2.45) is 10.7 Å². The van der Waals surface area contributed by atoms with Crippen molar-refractivity contribution < 1.29 is 0 Å². The van der Waals surface area contributed by atoms with E-state index in [1.165, 1.54) is 25.9 Å². The number of likely N-dealkylation sites (tertiary alicyclic amines) is 1. The number of nitrogens with zero attached hydrogens (tertiary/aromatic N) is 2. The Morgan fingerprint density at radius 2 is 2.46 bits per heavy atom. The van der Waals surface area contributed by atoms with E-state index in [0.717, 1.165) is 6.54 Å². The SMILES string of the molecule is CCCN1CCC(NC(N)=NC)C1. The van der Waals surface area contributed by atoms with Crippen molar-refractivity contribution in [3.05, 3.63) is 0 Å². The van der Waals surface area contributed by atoms with E-state index in [0.29, 0.717) is 12.0 Å². The summed E-state index contributed by atoms with van der Waals surface area (Å²) in [6.07, 6.45) is 2.40. The van der Waals surface area contributed by atoms with Gasteiger partial charge in [-0.2, -0.15) is 0 Å². The van der Waals surface area contributed by atoms with Crippen molar-refractivity contribution in [2.45, 2.75) is 25.8 Å². The summed E-state index contributed by atoms with van der Waals surface area (Å²) in [5, 5.41) is 3.20. The molecule has 1 fully saturated rings. The van der Waals surface area contributed by atoms with Crippen LogP contribution in [-0.4, -0.2) is 43.6 Å². The topological polar surface area (TPSA) is 53.6 Å². The van der Waals surface area contributed by atoms with Crippen LogP contribution in [0.25, 0.3) is 0 Å². The zero-order valence-electron chi connectivity index (χ0n) is 8.58. The zero-order chi connectivity index (χ0) is 9.68. The first-order valence-electron chi connectivity index (χ1n) is 4.97. The van der Waals surface area contributed by atoms with Gasteiger partial charge in [0, 0.05) is 26.2 Å². The number of aliphatic imine (C=N–C) groups is 1. The first kappa shape index (κ1) is 10.3. The van der Waals surface area contributed by atoms with Crippen LogP contribution in [0.1, 0.15) is 19.8 Å². The molecule has 0 spiro atoms. The van der Waals surface area contributed by atoms with Gasteiger partial charge in [0.2, 0.25) is 0 Å². The highest BCUT2D eigenvalue weighted by atomic mass is 15.2. The van der Waals surface area contributed by atoms with E-state index in [-0.39, 0.29) is 0 Å². The molecule has 76 valence electrons. The molecule has 1 atom stereocenters. The number of hydrogen-bond donors (Lipinski definition) is 2. The molecule has 0 bridgehead atoms. The number of nitrogens with two attached hydrogens (primary N) is 1. The van der Waals surface area contributed by atoms with E-state index in [9.17, 15) is 0 Å². The molecular weight excluding hydrogens is 164 g/mol. The van der Waals surface area contributed by atoms with Crippen molar-refractivity contribution in [3.8, 4) is 0 Å².